The molecule has 0 aromatic heterocycles. The second kappa shape index (κ2) is 9.06. The van der Waals surface area contributed by atoms with E-state index in [1.165, 1.54) is 5.56 Å². The maximum atomic E-state index is 6.04. The monoisotopic (exact) mass is 293 g/mol. The zero-order valence-corrected chi connectivity index (χ0v) is 14.2. The van der Waals surface area contributed by atoms with E-state index in [0.29, 0.717) is 6.04 Å². The minimum absolute atomic E-state index is 0.1000. The van der Waals surface area contributed by atoms with E-state index < -0.39 is 0 Å². The van der Waals surface area contributed by atoms with Crippen molar-refractivity contribution in [3.05, 3.63) is 29.8 Å². The highest BCUT2D eigenvalue weighted by Crippen LogP contribution is 2.24. The molecule has 3 nitrogen and oxygen atoms in total. The molecule has 0 saturated heterocycles. The standard InChI is InChI=1S/C18H31NO2/c1-6-18(4,21-8-3)17(19-7-2)14-11-15-9-12-16(20-5)13-10-15/h9-10,12-13,17,19H,6-8,11,14H2,1-5H3. The average molecular weight is 293 g/mol. The van der Waals surface area contributed by atoms with Gasteiger partial charge in [-0.3, -0.25) is 0 Å². The van der Waals surface area contributed by atoms with Crippen LogP contribution in [0.4, 0.5) is 0 Å². The lowest BCUT2D eigenvalue weighted by molar-refractivity contribution is -0.0565. The summed E-state index contributed by atoms with van der Waals surface area (Å²) in [5.74, 6) is 0.912. The first-order valence-corrected chi connectivity index (χ1v) is 8.09. The summed E-state index contributed by atoms with van der Waals surface area (Å²) in [6.07, 6.45) is 3.13. The molecular weight excluding hydrogens is 262 g/mol. The van der Waals surface area contributed by atoms with Crippen molar-refractivity contribution in [2.45, 2.75) is 58.6 Å². The van der Waals surface area contributed by atoms with Crippen LogP contribution in [0.25, 0.3) is 0 Å². The molecule has 0 heterocycles. The van der Waals surface area contributed by atoms with Gasteiger partial charge in [0, 0.05) is 12.6 Å². The van der Waals surface area contributed by atoms with Crippen LogP contribution in [0.2, 0.25) is 0 Å². The first-order chi connectivity index (χ1) is 10.1. The number of nitrogens with one attached hydrogen (secondary N) is 1. The lowest BCUT2D eigenvalue weighted by Crippen LogP contribution is -2.50. The molecule has 120 valence electrons. The fraction of sp³-hybridized carbons (Fsp3) is 0.667. The zero-order valence-electron chi connectivity index (χ0n) is 14.2. The van der Waals surface area contributed by atoms with Crippen LogP contribution in [0.1, 0.15) is 46.1 Å². The van der Waals surface area contributed by atoms with Gasteiger partial charge in [-0.05, 0) is 57.4 Å². The Bertz CT molecular complexity index is 391. The Labute approximate surface area is 130 Å². The van der Waals surface area contributed by atoms with Gasteiger partial charge in [0.25, 0.3) is 0 Å². The average Bonchev–Trinajstić information content (AvgIpc) is 2.52. The predicted octanol–water partition coefficient (Wildman–Crippen LogP) is 3.81. The van der Waals surface area contributed by atoms with E-state index in [0.717, 1.165) is 38.2 Å². The van der Waals surface area contributed by atoms with E-state index in [1.807, 2.05) is 12.1 Å². The number of rotatable bonds is 10. The summed E-state index contributed by atoms with van der Waals surface area (Å²) in [6, 6.07) is 8.71. The van der Waals surface area contributed by atoms with Crippen molar-refractivity contribution in [1.82, 2.24) is 5.32 Å². The molecule has 1 aromatic rings. The van der Waals surface area contributed by atoms with Gasteiger partial charge in [0.15, 0.2) is 0 Å². The van der Waals surface area contributed by atoms with Crippen molar-refractivity contribution in [2.24, 2.45) is 0 Å². The summed E-state index contributed by atoms with van der Waals surface area (Å²) in [5.41, 5.74) is 1.24. The van der Waals surface area contributed by atoms with Gasteiger partial charge in [-0.1, -0.05) is 26.0 Å². The van der Waals surface area contributed by atoms with Crippen molar-refractivity contribution in [1.29, 1.82) is 0 Å². The maximum Gasteiger partial charge on any atom is 0.118 e. The minimum Gasteiger partial charge on any atom is -0.497 e. The Morgan fingerprint density at radius 3 is 2.29 bits per heavy atom. The molecule has 0 saturated carbocycles. The molecule has 0 fully saturated rings. The number of ether oxygens (including phenoxy) is 2. The van der Waals surface area contributed by atoms with Crippen molar-refractivity contribution in [2.75, 3.05) is 20.3 Å². The lowest BCUT2D eigenvalue weighted by Gasteiger charge is -2.37. The number of benzene rings is 1. The van der Waals surface area contributed by atoms with Crippen molar-refractivity contribution in [3.8, 4) is 5.75 Å². The number of hydrogen-bond acceptors (Lipinski definition) is 3. The molecule has 1 N–H and O–H groups in total. The molecule has 0 aliphatic rings. The Hall–Kier alpha value is -1.06. The van der Waals surface area contributed by atoms with Gasteiger partial charge in [-0.25, -0.2) is 0 Å². The zero-order chi connectivity index (χ0) is 15.7. The van der Waals surface area contributed by atoms with Crippen molar-refractivity contribution < 1.29 is 9.47 Å². The highest BCUT2D eigenvalue weighted by Gasteiger charge is 2.32. The molecular formula is C18H31NO2. The van der Waals surface area contributed by atoms with Crippen LogP contribution in [0.5, 0.6) is 5.75 Å². The third-order valence-electron chi connectivity index (χ3n) is 4.24. The molecule has 0 aliphatic carbocycles. The van der Waals surface area contributed by atoms with Crippen LogP contribution in [0, 0.1) is 0 Å². The van der Waals surface area contributed by atoms with E-state index in [1.54, 1.807) is 7.11 Å². The fourth-order valence-electron chi connectivity index (χ4n) is 2.75. The second-order valence-electron chi connectivity index (χ2n) is 5.60. The summed E-state index contributed by atoms with van der Waals surface area (Å²) in [7, 11) is 1.70. The number of likely N-dealkylation sites (N-methyl/N-ethyl adjacent to an activating group) is 1. The van der Waals surface area contributed by atoms with Gasteiger partial charge in [0.05, 0.1) is 12.7 Å². The summed E-state index contributed by atoms with van der Waals surface area (Å²) in [6.45, 7) is 10.4. The smallest absolute Gasteiger partial charge is 0.118 e. The topological polar surface area (TPSA) is 30.5 Å². The molecule has 0 aliphatic heterocycles. The van der Waals surface area contributed by atoms with Gasteiger partial charge in [0.2, 0.25) is 0 Å². The van der Waals surface area contributed by atoms with Crippen LogP contribution in [-0.4, -0.2) is 31.9 Å². The molecule has 3 heteroatoms. The molecule has 0 spiro atoms. The van der Waals surface area contributed by atoms with Gasteiger partial charge in [-0.2, -0.15) is 0 Å². The highest BCUT2D eigenvalue weighted by molar-refractivity contribution is 5.27. The predicted molar refractivity (Wildman–Crippen MR) is 89.1 cm³/mol. The maximum absolute atomic E-state index is 6.04. The number of hydrogen-bond donors (Lipinski definition) is 1. The van der Waals surface area contributed by atoms with Gasteiger partial charge >= 0.3 is 0 Å². The molecule has 0 amide bonds. The van der Waals surface area contributed by atoms with E-state index in [4.69, 9.17) is 9.47 Å². The molecule has 2 atom stereocenters. The van der Waals surface area contributed by atoms with Gasteiger partial charge < -0.3 is 14.8 Å². The van der Waals surface area contributed by atoms with Crippen LogP contribution in [0.15, 0.2) is 24.3 Å². The van der Waals surface area contributed by atoms with Crippen LogP contribution in [-0.2, 0) is 11.2 Å². The quantitative estimate of drug-likeness (QED) is 0.711. The van der Waals surface area contributed by atoms with Crippen LogP contribution >= 0.6 is 0 Å². The summed E-state index contributed by atoms with van der Waals surface area (Å²) in [5, 5.41) is 3.60. The molecule has 21 heavy (non-hydrogen) atoms. The normalized spacial score (nSPS) is 15.5. The van der Waals surface area contributed by atoms with Gasteiger partial charge in [0.1, 0.15) is 5.75 Å². The number of methoxy groups -OCH3 is 1. The number of aryl methyl sites for hydroxylation is 1. The molecule has 1 rings (SSSR count). The Morgan fingerprint density at radius 2 is 1.81 bits per heavy atom. The fourth-order valence-corrected chi connectivity index (χ4v) is 2.75. The molecule has 2 unspecified atom stereocenters. The Balaban J connectivity index is 2.68. The second-order valence-corrected chi connectivity index (χ2v) is 5.60. The summed E-state index contributed by atoms with van der Waals surface area (Å²) >= 11 is 0. The van der Waals surface area contributed by atoms with E-state index in [-0.39, 0.29) is 5.60 Å². The minimum atomic E-state index is -0.1000. The van der Waals surface area contributed by atoms with Gasteiger partial charge in [-0.15, -0.1) is 0 Å². The summed E-state index contributed by atoms with van der Waals surface area (Å²) < 4.78 is 11.2. The van der Waals surface area contributed by atoms with Crippen LogP contribution < -0.4 is 10.1 Å². The van der Waals surface area contributed by atoms with Crippen molar-refractivity contribution >= 4 is 0 Å². The van der Waals surface area contributed by atoms with Crippen molar-refractivity contribution in [3.63, 3.8) is 0 Å². The third kappa shape index (κ3) is 5.33. The largest absolute Gasteiger partial charge is 0.497 e. The Morgan fingerprint density at radius 1 is 1.14 bits per heavy atom. The van der Waals surface area contributed by atoms with E-state index in [2.05, 4.69) is 45.1 Å². The Kier molecular flexibility index (Phi) is 7.76. The van der Waals surface area contributed by atoms with E-state index >= 15 is 0 Å². The van der Waals surface area contributed by atoms with E-state index in [9.17, 15) is 0 Å². The molecule has 1 aromatic carbocycles. The SMILES string of the molecule is CCNC(CCc1ccc(OC)cc1)C(C)(CC)OCC. The highest BCUT2D eigenvalue weighted by atomic mass is 16.5. The third-order valence-corrected chi connectivity index (χ3v) is 4.24. The summed E-state index contributed by atoms with van der Waals surface area (Å²) in [4.78, 5) is 0. The van der Waals surface area contributed by atoms with Crippen LogP contribution in [0.3, 0.4) is 0 Å². The first kappa shape index (κ1) is 18.0. The molecule has 0 bridgehead atoms. The molecule has 0 radical (unpaired) electrons. The lowest BCUT2D eigenvalue weighted by atomic mass is 9.88. The first-order valence-electron chi connectivity index (χ1n) is 8.09.